The maximum Gasteiger partial charge on any atom is 0.0650 e. The summed E-state index contributed by atoms with van der Waals surface area (Å²) in [4.78, 5) is 0. The molecule has 2 aromatic rings. The highest BCUT2D eigenvalue weighted by Gasteiger charge is 2.21. The van der Waals surface area contributed by atoms with Gasteiger partial charge in [-0.25, -0.2) is 0 Å². The third kappa shape index (κ3) is 2.94. The van der Waals surface area contributed by atoms with Crippen molar-refractivity contribution in [1.82, 2.24) is 10.2 Å². The first-order valence-electron chi connectivity index (χ1n) is 6.23. The van der Waals surface area contributed by atoms with Crippen LogP contribution >= 0.6 is 23.2 Å². The number of hydrogen-bond acceptors (Lipinski definition) is 2. The van der Waals surface area contributed by atoms with Gasteiger partial charge in [-0.15, -0.1) is 0 Å². The number of hydrogen-bond donors (Lipinski definition) is 2. The van der Waals surface area contributed by atoms with Gasteiger partial charge >= 0.3 is 0 Å². The zero-order valence-corrected chi connectivity index (χ0v) is 12.5. The second kappa shape index (κ2) is 5.95. The summed E-state index contributed by atoms with van der Waals surface area (Å²) in [6.45, 7) is 4.61. The summed E-state index contributed by atoms with van der Waals surface area (Å²) in [5.41, 5.74) is 8.71. The summed E-state index contributed by atoms with van der Waals surface area (Å²) >= 11 is 12.5. The fourth-order valence-corrected chi connectivity index (χ4v) is 2.73. The maximum absolute atomic E-state index is 6.25. The number of aromatic nitrogens is 2. The van der Waals surface area contributed by atoms with Crippen LogP contribution in [0.3, 0.4) is 0 Å². The monoisotopic (exact) mass is 297 g/mol. The lowest BCUT2D eigenvalue weighted by Gasteiger charge is -2.16. The third-order valence-corrected chi connectivity index (χ3v) is 3.83. The molecule has 1 aromatic carbocycles. The highest BCUT2D eigenvalue weighted by Crippen LogP contribution is 2.34. The van der Waals surface area contributed by atoms with Crippen LogP contribution in [0.4, 0.5) is 0 Å². The van der Waals surface area contributed by atoms with Crippen molar-refractivity contribution in [3.05, 3.63) is 51.3 Å². The van der Waals surface area contributed by atoms with E-state index in [1.807, 2.05) is 24.3 Å². The molecule has 0 saturated heterocycles. The maximum atomic E-state index is 6.25. The Kier molecular flexibility index (Phi) is 4.50. The highest BCUT2D eigenvalue weighted by atomic mass is 35.5. The van der Waals surface area contributed by atoms with E-state index in [0.29, 0.717) is 22.5 Å². The predicted octanol–water partition coefficient (Wildman–Crippen LogP) is 3.93. The number of nitrogens with two attached hydrogens (primary N) is 1. The molecule has 0 radical (unpaired) electrons. The Morgan fingerprint density at radius 3 is 2.37 bits per heavy atom. The lowest BCUT2D eigenvalue weighted by Crippen LogP contribution is -2.15. The Morgan fingerprint density at radius 2 is 1.89 bits per heavy atom. The van der Waals surface area contributed by atoms with Crippen LogP contribution in [-0.4, -0.2) is 16.7 Å². The van der Waals surface area contributed by atoms with Crippen LogP contribution in [0, 0.1) is 0 Å². The summed E-state index contributed by atoms with van der Waals surface area (Å²) in [7, 11) is 0. The van der Waals surface area contributed by atoms with E-state index in [-0.39, 0.29) is 5.92 Å². The van der Waals surface area contributed by atoms with Gasteiger partial charge in [-0.1, -0.05) is 43.1 Å². The van der Waals surface area contributed by atoms with Gasteiger partial charge in [-0.2, -0.15) is 5.10 Å². The first-order valence-corrected chi connectivity index (χ1v) is 6.99. The second-order valence-corrected chi connectivity index (χ2v) is 5.64. The van der Waals surface area contributed by atoms with Crippen LogP contribution in [-0.2, 0) is 0 Å². The Hall–Kier alpha value is -1.03. The first-order chi connectivity index (χ1) is 9.04. The minimum Gasteiger partial charge on any atom is -0.329 e. The average Bonchev–Trinajstić information content (AvgIpc) is 2.83. The Morgan fingerprint density at radius 1 is 1.26 bits per heavy atom. The van der Waals surface area contributed by atoms with Gasteiger partial charge in [0.2, 0.25) is 0 Å². The van der Waals surface area contributed by atoms with Gasteiger partial charge in [0, 0.05) is 28.2 Å². The molecule has 1 atom stereocenters. The standard InChI is InChI=1S/C14H17Cl2N3/c1-8(2)12-6-13(19-18-12)9(7-17)14-10(15)4-3-5-11(14)16/h3-6,8-9H,7,17H2,1-2H3,(H,18,19). The van der Waals surface area contributed by atoms with Crippen molar-refractivity contribution in [1.29, 1.82) is 0 Å². The Labute approximate surface area is 123 Å². The second-order valence-electron chi connectivity index (χ2n) is 4.83. The molecule has 5 heteroatoms. The molecule has 0 amide bonds. The van der Waals surface area contributed by atoms with Gasteiger partial charge in [0.15, 0.2) is 0 Å². The molecule has 102 valence electrons. The number of nitrogens with one attached hydrogen (secondary N) is 1. The fourth-order valence-electron chi connectivity index (χ4n) is 2.07. The van der Waals surface area contributed by atoms with Crippen molar-refractivity contribution < 1.29 is 0 Å². The van der Waals surface area contributed by atoms with Crippen LogP contribution < -0.4 is 5.73 Å². The number of halogens is 2. The van der Waals surface area contributed by atoms with E-state index in [1.54, 1.807) is 0 Å². The Balaban J connectivity index is 2.44. The third-order valence-electron chi connectivity index (χ3n) is 3.17. The molecular formula is C14H17Cl2N3. The molecule has 3 N–H and O–H groups in total. The highest BCUT2D eigenvalue weighted by molar-refractivity contribution is 6.36. The molecule has 0 aliphatic rings. The molecule has 19 heavy (non-hydrogen) atoms. The minimum atomic E-state index is -0.0683. The van der Waals surface area contributed by atoms with E-state index in [0.717, 1.165) is 17.0 Å². The van der Waals surface area contributed by atoms with Crippen LogP contribution in [0.5, 0.6) is 0 Å². The fraction of sp³-hybridized carbons (Fsp3) is 0.357. The van der Waals surface area contributed by atoms with Crippen molar-refractivity contribution in [2.24, 2.45) is 5.73 Å². The number of aromatic amines is 1. The smallest absolute Gasteiger partial charge is 0.0650 e. The lowest BCUT2D eigenvalue weighted by atomic mass is 9.95. The normalized spacial score (nSPS) is 12.9. The van der Waals surface area contributed by atoms with E-state index >= 15 is 0 Å². The van der Waals surface area contributed by atoms with Gasteiger partial charge in [0.25, 0.3) is 0 Å². The Bertz CT molecular complexity index is 543. The molecule has 0 saturated carbocycles. The van der Waals surface area contributed by atoms with E-state index in [9.17, 15) is 0 Å². The zero-order valence-electron chi connectivity index (χ0n) is 11.0. The van der Waals surface area contributed by atoms with Gasteiger partial charge in [-0.3, -0.25) is 5.10 Å². The molecule has 1 aromatic heterocycles. The summed E-state index contributed by atoms with van der Waals surface area (Å²) < 4.78 is 0. The van der Waals surface area contributed by atoms with Gasteiger partial charge in [-0.05, 0) is 29.7 Å². The summed E-state index contributed by atoms with van der Waals surface area (Å²) in [6, 6.07) is 7.51. The number of rotatable bonds is 4. The van der Waals surface area contributed by atoms with Gasteiger partial charge in [0.05, 0.1) is 5.69 Å². The molecule has 0 aliphatic carbocycles. The molecule has 3 nitrogen and oxygen atoms in total. The van der Waals surface area contributed by atoms with E-state index in [4.69, 9.17) is 28.9 Å². The minimum absolute atomic E-state index is 0.0683. The lowest BCUT2D eigenvalue weighted by molar-refractivity contribution is 0.773. The molecular weight excluding hydrogens is 281 g/mol. The zero-order chi connectivity index (χ0) is 14.0. The van der Waals surface area contributed by atoms with Gasteiger partial charge in [0.1, 0.15) is 0 Å². The van der Waals surface area contributed by atoms with Crippen LogP contribution in [0.2, 0.25) is 10.0 Å². The van der Waals surface area contributed by atoms with Crippen LogP contribution in [0.25, 0.3) is 0 Å². The van der Waals surface area contributed by atoms with E-state index in [1.165, 1.54) is 0 Å². The molecule has 0 aliphatic heterocycles. The largest absolute Gasteiger partial charge is 0.329 e. The predicted molar refractivity (Wildman–Crippen MR) is 80.0 cm³/mol. The van der Waals surface area contributed by atoms with Crippen molar-refractivity contribution in [2.45, 2.75) is 25.7 Å². The summed E-state index contributed by atoms with van der Waals surface area (Å²) in [5.74, 6) is 0.298. The quantitative estimate of drug-likeness (QED) is 0.898. The van der Waals surface area contributed by atoms with E-state index in [2.05, 4.69) is 24.0 Å². The summed E-state index contributed by atoms with van der Waals surface area (Å²) in [5, 5.41) is 8.60. The number of nitrogens with zero attached hydrogens (tertiary/aromatic N) is 1. The number of benzene rings is 1. The molecule has 2 rings (SSSR count). The molecule has 0 fully saturated rings. The van der Waals surface area contributed by atoms with Gasteiger partial charge < -0.3 is 5.73 Å². The van der Waals surface area contributed by atoms with E-state index < -0.39 is 0 Å². The van der Waals surface area contributed by atoms with Crippen molar-refractivity contribution in [2.75, 3.05) is 6.54 Å². The first kappa shape index (κ1) is 14.4. The topological polar surface area (TPSA) is 54.7 Å². The molecule has 0 spiro atoms. The molecule has 1 heterocycles. The average molecular weight is 298 g/mol. The summed E-state index contributed by atoms with van der Waals surface area (Å²) in [6.07, 6.45) is 0. The van der Waals surface area contributed by atoms with Crippen molar-refractivity contribution in [3.63, 3.8) is 0 Å². The van der Waals surface area contributed by atoms with Crippen molar-refractivity contribution in [3.8, 4) is 0 Å². The SMILES string of the molecule is CC(C)c1cc(C(CN)c2c(Cl)cccc2Cl)[nH]n1. The van der Waals surface area contributed by atoms with Crippen LogP contribution in [0.15, 0.2) is 24.3 Å². The van der Waals surface area contributed by atoms with Crippen LogP contribution in [0.1, 0.15) is 42.6 Å². The molecule has 0 bridgehead atoms. The van der Waals surface area contributed by atoms with Crippen molar-refractivity contribution >= 4 is 23.2 Å². The molecule has 1 unspecified atom stereocenters. The number of H-pyrrole nitrogens is 1.